The summed E-state index contributed by atoms with van der Waals surface area (Å²) in [6.07, 6.45) is 9.28. The Morgan fingerprint density at radius 1 is 1.15 bits per heavy atom. The Morgan fingerprint density at radius 2 is 1.93 bits per heavy atom. The van der Waals surface area contributed by atoms with Crippen LogP contribution in [0, 0.1) is 0 Å². The van der Waals surface area contributed by atoms with Crippen molar-refractivity contribution >= 4 is 17.6 Å². The van der Waals surface area contributed by atoms with E-state index in [2.05, 4.69) is 34.6 Å². The summed E-state index contributed by atoms with van der Waals surface area (Å²) in [7, 11) is 0. The Bertz CT molecular complexity index is 647. The first kappa shape index (κ1) is 19.1. The van der Waals surface area contributed by atoms with E-state index in [0.717, 1.165) is 30.0 Å². The molecule has 1 aromatic rings. The highest BCUT2D eigenvalue weighted by molar-refractivity contribution is 6.30. The lowest BCUT2D eigenvalue weighted by Crippen LogP contribution is -2.50. The SMILES string of the molecule is CCN=C(NC1CCN(C2CCCC2)CC1)NC1CC1c1cccc(Cl)c1. The normalized spacial score (nSPS) is 27.7. The Morgan fingerprint density at radius 3 is 2.63 bits per heavy atom. The van der Waals surface area contributed by atoms with E-state index in [1.54, 1.807) is 0 Å². The molecule has 5 heteroatoms. The number of piperidine rings is 1. The van der Waals surface area contributed by atoms with E-state index in [0.29, 0.717) is 18.0 Å². The van der Waals surface area contributed by atoms with Crippen LogP contribution >= 0.6 is 11.6 Å². The van der Waals surface area contributed by atoms with Crippen molar-refractivity contribution in [2.75, 3.05) is 19.6 Å². The maximum Gasteiger partial charge on any atom is 0.191 e. The van der Waals surface area contributed by atoms with Gasteiger partial charge in [0.1, 0.15) is 0 Å². The Balaban J connectivity index is 1.26. The standard InChI is InChI=1S/C22H33ClN4/c1-2-24-22(26-21-15-20(21)16-6-5-7-17(23)14-16)25-18-10-12-27(13-11-18)19-8-3-4-9-19/h5-7,14,18-21H,2-4,8-13,15H2,1H3,(H2,24,25,26). The zero-order valence-corrected chi connectivity index (χ0v) is 17.2. The average molecular weight is 389 g/mol. The zero-order chi connectivity index (χ0) is 18.6. The number of likely N-dealkylation sites (tertiary alicyclic amines) is 1. The smallest absolute Gasteiger partial charge is 0.191 e. The maximum atomic E-state index is 6.15. The Labute approximate surface area is 168 Å². The van der Waals surface area contributed by atoms with Gasteiger partial charge in [-0.25, -0.2) is 0 Å². The van der Waals surface area contributed by atoms with Gasteiger partial charge in [0.15, 0.2) is 5.96 Å². The second-order valence-electron chi connectivity index (χ2n) is 8.36. The highest BCUT2D eigenvalue weighted by atomic mass is 35.5. The van der Waals surface area contributed by atoms with Gasteiger partial charge < -0.3 is 15.5 Å². The number of aliphatic imine (C=N–C) groups is 1. The molecule has 2 N–H and O–H groups in total. The first-order valence-corrected chi connectivity index (χ1v) is 11.2. The van der Waals surface area contributed by atoms with Crippen LogP contribution in [0.5, 0.6) is 0 Å². The number of benzene rings is 1. The first-order chi connectivity index (χ1) is 13.2. The molecule has 1 saturated heterocycles. The summed E-state index contributed by atoms with van der Waals surface area (Å²) in [4.78, 5) is 7.42. The van der Waals surface area contributed by atoms with Gasteiger partial charge >= 0.3 is 0 Å². The predicted octanol–water partition coefficient (Wildman–Crippen LogP) is 4.16. The second kappa shape index (κ2) is 8.83. The fourth-order valence-corrected chi connectivity index (χ4v) is 5.00. The third-order valence-electron chi connectivity index (χ3n) is 6.42. The van der Waals surface area contributed by atoms with Gasteiger partial charge in [-0.15, -0.1) is 0 Å². The van der Waals surface area contributed by atoms with Crippen LogP contribution in [0.2, 0.25) is 5.02 Å². The largest absolute Gasteiger partial charge is 0.354 e. The minimum atomic E-state index is 0.472. The van der Waals surface area contributed by atoms with Crippen LogP contribution in [-0.2, 0) is 0 Å². The van der Waals surface area contributed by atoms with Crippen molar-refractivity contribution in [2.24, 2.45) is 4.99 Å². The average Bonchev–Trinajstić information content (AvgIpc) is 3.22. The molecule has 2 saturated carbocycles. The molecular weight excluding hydrogens is 356 g/mol. The first-order valence-electron chi connectivity index (χ1n) is 10.8. The zero-order valence-electron chi connectivity index (χ0n) is 16.5. The van der Waals surface area contributed by atoms with Crippen molar-refractivity contribution in [3.63, 3.8) is 0 Å². The number of nitrogens with zero attached hydrogens (tertiary/aromatic N) is 2. The van der Waals surface area contributed by atoms with Gasteiger partial charge in [-0.05, 0) is 56.7 Å². The van der Waals surface area contributed by atoms with Gasteiger partial charge in [0.2, 0.25) is 0 Å². The lowest BCUT2D eigenvalue weighted by molar-refractivity contribution is 0.150. The number of hydrogen-bond donors (Lipinski definition) is 2. The molecule has 4 rings (SSSR count). The van der Waals surface area contributed by atoms with Crippen LogP contribution < -0.4 is 10.6 Å². The highest BCUT2D eigenvalue weighted by Gasteiger charge is 2.39. The van der Waals surface area contributed by atoms with Crippen LogP contribution in [0.25, 0.3) is 0 Å². The molecule has 4 nitrogen and oxygen atoms in total. The van der Waals surface area contributed by atoms with Crippen LogP contribution in [0.1, 0.15) is 63.4 Å². The lowest BCUT2D eigenvalue weighted by Gasteiger charge is -2.36. The molecule has 148 valence electrons. The third kappa shape index (κ3) is 4.97. The number of rotatable bonds is 5. The summed E-state index contributed by atoms with van der Waals surface area (Å²) in [5.41, 5.74) is 1.33. The van der Waals surface area contributed by atoms with Crippen LogP contribution in [0.15, 0.2) is 29.3 Å². The molecule has 0 radical (unpaired) electrons. The highest BCUT2D eigenvalue weighted by Crippen LogP contribution is 2.41. The van der Waals surface area contributed by atoms with Gasteiger partial charge in [-0.2, -0.15) is 0 Å². The van der Waals surface area contributed by atoms with Crippen molar-refractivity contribution in [3.05, 3.63) is 34.9 Å². The van der Waals surface area contributed by atoms with E-state index in [4.69, 9.17) is 16.6 Å². The summed E-state index contributed by atoms with van der Waals surface area (Å²) >= 11 is 6.15. The molecular formula is C22H33ClN4. The van der Waals surface area contributed by atoms with Gasteiger partial charge in [-0.3, -0.25) is 4.99 Å². The third-order valence-corrected chi connectivity index (χ3v) is 6.65. The summed E-state index contributed by atoms with van der Waals surface area (Å²) in [6.45, 7) is 5.38. The molecule has 1 aromatic carbocycles. The van der Waals surface area contributed by atoms with Crippen molar-refractivity contribution in [2.45, 2.75) is 75.9 Å². The Kier molecular flexibility index (Phi) is 6.24. The van der Waals surface area contributed by atoms with Crippen molar-refractivity contribution < 1.29 is 0 Å². The number of halogens is 1. The topological polar surface area (TPSA) is 39.7 Å². The minimum absolute atomic E-state index is 0.472. The second-order valence-corrected chi connectivity index (χ2v) is 8.80. The van der Waals surface area contributed by atoms with E-state index in [9.17, 15) is 0 Å². The molecule has 3 aliphatic rings. The van der Waals surface area contributed by atoms with Crippen LogP contribution in [0.3, 0.4) is 0 Å². The van der Waals surface area contributed by atoms with Gasteiger partial charge in [0.25, 0.3) is 0 Å². The fraction of sp³-hybridized carbons (Fsp3) is 0.682. The van der Waals surface area contributed by atoms with Crippen molar-refractivity contribution in [1.29, 1.82) is 0 Å². The molecule has 0 spiro atoms. The summed E-state index contributed by atoms with van der Waals surface area (Å²) < 4.78 is 0. The molecule has 2 unspecified atom stereocenters. The molecule has 0 bridgehead atoms. The number of guanidine groups is 1. The number of nitrogens with one attached hydrogen (secondary N) is 2. The van der Waals surface area contributed by atoms with E-state index < -0.39 is 0 Å². The number of hydrogen-bond acceptors (Lipinski definition) is 2. The minimum Gasteiger partial charge on any atom is -0.354 e. The molecule has 0 aromatic heterocycles. The molecule has 2 atom stereocenters. The van der Waals surface area contributed by atoms with Crippen molar-refractivity contribution in [3.8, 4) is 0 Å². The fourth-order valence-electron chi connectivity index (χ4n) is 4.80. The summed E-state index contributed by atoms with van der Waals surface area (Å²) in [5, 5.41) is 8.19. The van der Waals surface area contributed by atoms with E-state index >= 15 is 0 Å². The van der Waals surface area contributed by atoms with Gasteiger partial charge in [-0.1, -0.05) is 36.6 Å². The molecule has 1 heterocycles. The van der Waals surface area contributed by atoms with Gasteiger partial charge in [0.05, 0.1) is 0 Å². The molecule has 2 aliphatic carbocycles. The summed E-state index contributed by atoms with van der Waals surface area (Å²) in [6, 6.07) is 10.1. The maximum absolute atomic E-state index is 6.15. The summed E-state index contributed by atoms with van der Waals surface area (Å²) in [5.74, 6) is 1.54. The van der Waals surface area contributed by atoms with E-state index in [1.807, 2.05) is 12.1 Å². The molecule has 1 aliphatic heterocycles. The predicted molar refractivity (Wildman–Crippen MR) is 114 cm³/mol. The lowest BCUT2D eigenvalue weighted by atomic mass is 10.0. The molecule has 0 amide bonds. The Hall–Kier alpha value is -1.26. The van der Waals surface area contributed by atoms with E-state index in [1.165, 1.54) is 57.2 Å². The van der Waals surface area contributed by atoms with Crippen LogP contribution in [-0.4, -0.2) is 48.6 Å². The molecule has 27 heavy (non-hydrogen) atoms. The molecule has 3 fully saturated rings. The monoisotopic (exact) mass is 388 g/mol. The quantitative estimate of drug-likeness (QED) is 0.587. The van der Waals surface area contributed by atoms with E-state index in [-0.39, 0.29) is 0 Å². The van der Waals surface area contributed by atoms with Gasteiger partial charge in [0, 0.05) is 48.7 Å². The van der Waals surface area contributed by atoms with Crippen LogP contribution in [0.4, 0.5) is 0 Å². The van der Waals surface area contributed by atoms with Crippen molar-refractivity contribution in [1.82, 2.24) is 15.5 Å².